The number of aromatic nitrogens is 2. The Bertz CT molecular complexity index is 852. The van der Waals surface area contributed by atoms with Crippen molar-refractivity contribution in [1.82, 2.24) is 15.3 Å². The van der Waals surface area contributed by atoms with Crippen LogP contribution in [0.15, 0.2) is 72.9 Å². The molecule has 27 heavy (non-hydrogen) atoms. The molecule has 3 rings (SSSR count). The highest BCUT2D eigenvalue weighted by Crippen LogP contribution is 2.12. The van der Waals surface area contributed by atoms with Crippen LogP contribution in [-0.4, -0.2) is 29.0 Å². The molecule has 0 fully saturated rings. The number of amides is 1. The Kier molecular flexibility index (Phi) is 6.52. The zero-order chi connectivity index (χ0) is 18.9. The zero-order valence-electron chi connectivity index (χ0n) is 15.5. The fraction of sp³-hybridized carbons (Fsp3) is 0.227. The van der Waals surface area contributed by atoms with Gasteiger partial charge in [-0.2, -0.15) is 0 Å². The van der Waals surface area contributed by atoms with Gasteiger partial charge in [0.25, 0.3) is 5.91 Å². The van der Waals surface area contributed by atoms with Crippen LogP contribution < -0.4 is 10.2 Å². The first-order chi connectivity index (χ1) is 13.3. The molecule has 0 saturated carbocycles. The molecule has 0 saturated heterocycles. The van der Waals surface area contributed by atoms with Gasteiger partial charge >= 0.3 is 0 Å². The smallest absolute Gasteiger partial charge is 0.270 e. The van der Waals surface area contributed by atoms with E-state index in [2.05, 4.69) is 51.4 Å². The molecule has 1 amide bonds. The first-order valence-corrected chi connectivity index (χ1v) is 9.20. The van der Waals surface area contributed by atoms with Crippen molar-refractivity contribution in [3.05, 3.63) is 89.7 Å². The fourth-order valence-electron chi connectivity index (χ4n) is 2.81. The summed E-state index contributed by atoms with van der Waals surface area (Å²) in [5, 5.41) is 2.93. The van der Waals surface area contributed by atoms with Crippen LogP contribution in [-0.2, 0) is 13.0 Å². The SMILES string of the molecule is CCN(Cc1ccccc1)c1nccc(C(=O)NCCc2ccccc2)n1. The summed E-state index contributed by atoms with van der Waals surface area (Å²) in [6.07, 6.45) is 2.43. The van der Waals surface area contributed by atoms with Gasteiger partial charge in [0.15, 0.2) is 0 Å². The summed E-state index contributed by atoms with van der Waals surface area (Å²) in [6, 6.07) is 21.9. The van der Waals surface area contributed by atoms with Gasteiger partial charge in [-0.3, -0.25) is 4.79 Å². The normalized spacial score (nSPS) is 10.4. The van der Waals surface area contributed by atoms with Gasteiger partial charge in [-0.05, 0) is 30.5 Å². The van der Waals surface area contributed by atoms with E-state index in [-0.39, 0.29) is 5.91 Å². The van der Waals surface area contributed by atoms with Crippen molar-refractivity contribution in [1.29, 1.82) is 0 Å². The second kappa shape index (κ2) is 9.48. The van der Waals surface area contributed by atoms with Crippen molar-refractivity contribution in [2.24, 2.45) is 0 Å². The molecule has 5 heteroatoms. The quantitative estimate of drug-likeness (QED) is 0.668. The van der Waals surface area contributed by atoms with Crippen LogP contribution in [0.2, 0.25) is 0 Å². The average Bonchev–Trinajstić information content (AvgIpc) is 2.73. The Balaban J connectivity index is 1.62. The summed E-state index contributed by atoms with van der Waals surface area (Å²) in [6.45, 7) is 4.09. The summed E-state index contributed by atoms with van der Waals surface area (Å²) < 4.78 is 0. The maximum Gasteiger partial charge on any atom is 0.270 e. The van der Waals surface area contributed by atoms with Gasteiger partial charge in [-0.1, -0.05) is 60.7 Å². The highest BCUT2D eigenvalue weighted by molar-refractivity contribution is 5.92. The highest BCUT2D eigenvalue weighted by atomic mass is 16.1. The molecule has 0 aliphatic heterocycles. The second-order valence-electron chi connectivity index (χ2n) is 6.23. The molecule has 0 aliphatic rings. The summed E-state index contributed by atoms with van der Waals surface area (Å²) in [5.41, 5.74) is 2.77. The van der Waals surface area contributed by atoms with Crippen LogP contribution in [0.3, 0.4) is 0 Å². The van der Waals surface area contributed by atoms with Gasteiger partial charge in [0.1, 0.15) is 5.69 Å². The molecule has 0 spiro atoms. The third kappa shape index (κ3) is 5.38. The van der Waals surface area contributed by atoms with Gasteiger partial charge in [-0.25, -0.2) is 9.97 Å². The highest BCUT2D eigenvalue weighted by Gasteiger charge is 2.13. The van der Waals surface area contributed by atoms with Crippen LogP contribution in [0.5, 0.6) is 0 Å². The monoisotopic (exact) mass is 360 g/mol. The van der Waals surface area contributed by atoms with Crippen molar-refractivity contribution in [3.8, 4) is 0 Å². The van der Waals surface area contributed by atoms with Crippen molar-refractivity contribution in [2.45, 2.75) is 19.9 Å². The molecule has 1 aromatic heterocycles. The largest absolute Gasteiger partial charge is 0.350 e. The van der Waals surface area contributed by atoms with E-state index < -0.39 is 0 Å². The Morgan fingerprint density at radius 2 is 1.63 bits per heavy atom. The minimum absolute atomic E-state index is 0.176. The Morgan fingerprint density at radius 1 is 0.963 bits per heavy atom. The molecule has 5 nitrogen and oxygen atoms in total. The molecule has 0 radical (unpaired) electrons. The van der Waals surface area contributed by atoms with Crippen LogP contribution in [0, 0.1) is 0 Å². The van der Waals surface area contributed by atoms with E-state index in [4.69, 9.17) is 0 Å². The lowest BCUT2D eigenvalue weighted by atomic mass is 10.1. The van der Waals surface area contributed by atoms with Crippen LogP contribution in [0.1, 0.15) is 28.5 Å². The molecule has 0 aliphatic carbocycles. The van der Waals surface area contributed by atoms with E-state index in [9.17, 15) is 4.79 Å². The number of benzene rings is 2. The number of nitrogens with one attached hydrogen (secondary N) is 1. The van der Waals surface area contributed by atoms with Crippen molar-refractivity contribution < 1.29 is 4.79 Å². The third-order valence-corrected chi connectivity index (χ3v) is 4.30. The van der Waals surface area contributed by atoms with E-state index in [0.29, 0.717) is 24.7 Å². The molecule has 138 valence electrons. The summed E-state index contributed by atoms with van der Waals surface area (Å²) in [7, 11) is 0. The molecular weight excluding hydrogens is 336 g/mol. The third-order valence-electron chi connectivity index (χ3n) is 4.30. The van der Waals surface area contributed by atoms with Gasteiger partial charge in [0.2, 0.25) is 5.95 Å². The summed E-state index contributed by atoms with van der Waals surface area (Å²) >= 11 is 0. The number of hydrogen-bond donors (Lipinski definition) is 1. The number of carbonyl (C=O) groups is 1. The minimum Gasteiger partial charge on any atom is -0.350 e. The van der Waals surface area contributed by atoms with Crippen LogP contribution >= 0.6 is 0 Å². The predicted molar refractivity (Wildman–Crippen MR) is 108 cm³/mol. The van der Waals surface area contributed by atoms with Crippen molar-refractivity contribution in [3.63, 3.8) is 0 Å². The van der Waals surface area contributed by atoms with E-state index in [0.717, 1.165) is 13.0 Å². The van der Waals surface area contributed by atoms with E-state index in [1.54, 1.807) is 12.3 Å². The van der Waals surface area contributed by atoms with E-state index >= 15 is 0 Å². The lowest BCUT2D eigenvalue weighted by molar-refractivity contribution is 0.0949. The van der Waals surface area contributed by atoms with Gasteiger partial charge < -0.3 is 10.2 Å². The molecule has 0 atom stereocenters. The molecule has 2 aromatic carbocycles. The average molecular weight is 360 g/mol. The second-order valence-corrected chi connectivity index (χ2v) is 6.23. The lowest BCUT2D eigenvalue weighted by Gasteiger charge is -2.21. The van der Waals surface area contributed by atoms with E-state index in [1.807, 2.05) is 36.4 Å². The van der Waals surface area contributed by atoms with Crippen LogP contribution in [0.4, 0.5) is 5.95 Å². The summed E-state index contributed by atoms with van der Waals surface area (Å²) in [5.74, 6) is 0.391. The zero-order valence-corrected chi connectivity index (χ0v) is 15.5. The van der Waals surface area contributed by atoms with E-state index in [1.165, 1.54) is 11.1 Å². The minimum atomic E-state index is -0.176. The Labute approximate surface area is 160 Å². The van der Waals surface area contributed by atoms with Gasteiger partial charge in [0, 0.05) is 25.8 Å². The molecule has 0 bridgehead atoms. The van der Waals surface area contributed by atoms with Gasteiger partial charge in [-0.15, -0.1) is 0 Å². The fourth-order valence-corrected chi connectivity index (χ4v) is 2.81. The number of nitrogens with zero attached hydrogens (tertiary/aromatic N) is 3. The lowest BCUT2D eigenvalue weighted by Crippen LogP contribution is -2.29. The predicted octanol–water partition coefficient (Wildman–Crippen LogP) is 3.48. The topological polar surface area (TPSA) is 58.1 Å². The molecule has 1 N–H and O–H groups in total. The number of carbonyl (C=O) groups excluding carboxylic acids is 1. The first kappa shape index (κ1) is 18.6. The van der Waals surface area contributed by atoms with Crippen molar-refractivity contribution >= 4 is 11.9 Å². The maximum atomic E-state index is 12.4. The maximum absolute atomic E-state index is 12.4. The first-order valence-electron chi connectivity index (χ1n) is 9.20. The molecule has 3 aromatic rings. The number of rotatable bonds is 8. The number of hydrogen-bond acceptors (Lipinski definition) is 4. The standard InChI is InChI=1S/C22H24N4O/c1-2-26(17-19-11-7-4-8-12-19)22-24-16-14-20(25-22)21(27)23-15-13-18-9-5-3-6-10-18/h3-12,14,16H,2,13,15,17H2,1H3,(H,23,27). The molecule has 1 heterocycles. The molecule has 0 unspecified atom stereocenters. The Morgan fingerprint density at radius 3 is 2.30 bits per heavy atom. The van der Waals surface area contributed by atoms with Crippen molar-refractivity contribution in [2.75, 3.05) is 18.0 Å². The molecular formula is C22H24N4O. The summed E-state index contributed by atoms with van der Waals surface area (Å²) in [4.78, 5) is 23.3. The number of anilines is 1. The van der Waals surface area contributed by atoms with Gasteiger partial charge in [0.05, 0.1) is 0 Å². The Hall–Kier alpha value is -3.21. The van der Waals surface area contributed by atoms with Crippen LogP contribution in [0.25, 0.3) is 0 Å².